The lowest BCUT2D eigenvalue weighted by atomic mass is 10.6. The second-order valence-electron chi connectivity index (χ2n) is 1.16. The molecule has 0 fully saturated rings. The van der Waals surface area contributed by atoms with Crippen molar-refractivity contribution in [3.05, 3.63) is 0 Å². The van der Waals surface area contributed by atoms with Crippen LogP contribution in [-0.4, -0.2) is 27.8 Å². The van der Waals surface area contributed by atoms with Gasteiger partial charge < -0.3 is 21.5 Å². The molecule has 0 rings (SSSR count). The Morgan fingerprint density at radius 1 is 1.17 bits per heavy atom. The summed E-state index contributed by atoms with van der Waals surface area (Å²) in [6.07, 6.45) is 0. The zero-order valence-electron chi connectivity index (χ0n) is 7.51. The van der Waals surface area contributed by atoms with E-state index in [0.29, 0.717) is 0 Å². The van der Waals surface area contributed by atoms with Crippen molar-refractivity contribution in [3.8, 4) is 0 Å². The summed E-state index contributed by atoms with van der Waals surface area (Å²) < 4.78 is -0.750. The van der Waals surface area contributed by atoms with Crippen LogP contribution in [-0.2, 0) is 4.79 Å². The number of hydrogen-bond acceptors (Lipinski definition) is 3. The van der Waals surface area contributed by atoms with Crippen molar-refractivity contribution in [1.82, 2.24) is 6.15 Å². The second-order valence-corrected chi connectivity index (χ2v) is 3.14. The van der Waals surface area contributed by atoms with E-state index in [1.165, 1.54) is 13.8 Å². The topological polar surface area (TPSA) is 104 Å². The highest BCUT2D eigenvalue weighted by atomic mass is 35.6. The van der Waals surface area contributed by atoms with Crippen LogP contribution in [0.5, 0.6) is 0 Å². The Balaban J connectivity index is -0.0000000198. The maximum Gasteiger partial charge on any atom is 0.180 e. The lowest BCUT2D eigenvalue weighted by molar-refractivity contribution is -0.114. The van der Waals surface area contributed by atoms with Crippen molar-refractivity contribution >= 4 is 40.6 Å². The third-order valence-electron chi connectivity index (χ3n) is 0. The number of alkyl halides is 3. The third kappa shape index (κ3) is 5240. The Labute approximate surface area is 87.7 Å². The number of carbonyl (C=O) groups is 1. The zero-order chi connectivity index (χ0) is 9.15. The van der Waals surface area contributed by atoms with E-state index >= 15 is 0 Å². The molecular formula is C5H16Cl3NO3. The first-order valence-corrected chi connectivity index (χ1v) is 3.62. The minimum atomic E-state index is -0.750. The highest BCUT2D eigenvalue weighted by Crippen LogP contribution is 2.03. The molecule has 0 atom stereocenters. The molecule has 0 aromatic heterocycles. The Hall–Kier alpha value is 0.420. The van der Waals surface area contributed by atoms with E-state index in [0.717, 1.165) is 7.11 Å². The van der Waals surface area contributed by atoms with Gasteiger partial charge in [0.05, 0.1) is 0 Å². The van der Waals surface area contributed by atoms with Crippen LogP contribution in [0.2, 0.25) is 0 Å². The fraction of sp³-hybridized carbons (Fsp3) is 0.800. The van der Waals surface area contributed by atoms with Crippen molar-refractivity contribution in [2.45, 2.75) is 18.1 Å². The molecule has 7 heteroatoms. The van der Waals surface area contributed by atoms with E-state index in [9.17, 15) is 4.79 Å². The van der Waals surface area contributed by atoms with E-state index in [-0.39, 0.29) is 17.4 Å². The second kappa shape index (κ2) is 30.1. The van der Waals surface area contributed by atoms with Gasteiger partial charge >= 0.3 is 0 Å². The predicted molar refractivity (Wildman–Crippen MR) is 53.8 cm³/mol. The molecule has 0 unspecified atom stereocenters. The lowest BCUT2D eigenvalue weighted by Gasteiger charge is -1.69. The minimum absolute atomic E-state index is 0. The van der Waals surface area contributed by atoms with Crippen LogP contribution in [0.4, 0.5) is 0 Å². The predicted octanol–water partition coefficient (Wildman–Crippen LogP) is 2.39. The number of carbonyl (C=O) groups excluding carboxylic acids is 1. The van der Waals surface area contributed by atoms with Gasteiger partial charge in [0, 0.05) is 7.11 Å². The van der Waals surface area contributed by atoms with Gasteiger partial charge in [0.2, 0.25) is 0 Å². The molecule has 0 aliphatic heterocycles. The third-order valence-corrected chi connectivity index (χ3v) is 0. The Kier molecular flexibility index (Phi) is 73.8. The highest BCUT2D eigenvalue weighted by molar-refractivity contribution is 6.63. The van der Waals surface area contributed by atoms with Crippen LogP contribution < -0.4 is 6.15 Å². The van der Waals surface area contributed by atoms with Gasteiger partial charge in [-0.2, -0.15) is 0 Å². The standard InChI is InChI=1S/C3H6O.CHCl3.CH4O.H3N.H2O/c1-3(2)4;2-1(3)4;1-2;;/h1-2H3;1H;2H,1H3;1H3;1H2. The number of hydrogen-bond donors (Lipinski definition) is 2. The molecule has 0 heterocycles. The maximum atomic E-state index is 9.44. The molecule has 0 spiro atoms. The molecule has 4 nitrogen and oxygen atoms in total. The Bertz CT molecular complexity index is 66.2. The van der Waals surface area contributed by atoms with Gasteiger partial charge in [-0.15, -0.1) is 0 Å². The van der Waals surface area contributed by atoms with Crippen LogP contribution in [0.25, 0.3) is 0 Å². The Morgan fingerprint density at radius 2 is 1.17 bits per heavy atom. The SMILES string of the molecule is CC(C)=O.CO.ClC(Cl)Cl.[NH4+].[OH-]. The number of ketones is 1. The average molecular weight is 245 g/mol. The minimum Gasteiger partial charge on any atom is -0.870 e. The number of halogens is 3. The van der Waals surface area contributed by atoms with Crippen molar-refractivity contribution in [2.75, 3.05) is 7.11 Å². The molecule has 0 aliphatic carbocycles. The van der Waals surface area contributed by atoms with Gasteiger partial charge in [-0.3, -0.25) is 0 Å². The molecule has 0 saturated carbocycles. The van der Waals surface area contributed by atoms with Crippen LogP contribution in [0.3, 0.4) is 0 Å². The number of Topliss-reactive ketones (excluding diaryl/α,β-unsaturated/α-hetero) is 1. The molecular weight excluding hydrogens is 228 g/mol. The van der Waals surface area contributed by atoms with E-state index in [2.05, 4.69) is 0 Å². The molecule has 80 valence electrons. The first kappa shape index (κ1) is 29.4. The molecule has 0 aromatic rings. The van der Waals surface area contributed by atoms with Gasteiger partial charge in [-0.05, 0) is 13.8 Å². The number of aliphatic hydroxyl groups is 1. The Morgan fingerprint density at radius 3 is 1.17 bits per heavy atom. The highest BCUT2D eigenvalue weighted by Gasteiger charge is 1.78. The van der Waals surface area contributed by atoms with Crippen molar-refractivity contribution in [2.24, 2.45) is 0 Å². The summed E-state index contributed by atoms with van der Waals surface area (Å²) in [6.45, 7) is 3.06. The molecule has 0 radical (unpaired) electrons. The normalized spacial score (nSPS) is 5.67. The molecule has 0 saturated heterocycles. The molecule has 0 amide bonds. The van der Waals surface area contributed by atoms with Crippen LogP contribution >= 0.6 is 34.8 Å². The fourth-order valence-corrected chi connectivity index (χ4v) is 0. The maximum absolute atomic E-state index is 9.44. The summed E-state index contributed by atoms with van der Waals surface area (Å²) in [5.41, 5.74) is 0. The number of quaternary nitrogens is 1. The summed E-state index contributed by atoms with van der Waals surface area (Å²) in [4.78, 5) is 9.44. The molecule has 0 aromatic carbocycles. The van der Waals surface area contributed by atoms with Gasteiger partial charge in [0.1, 0.15) is 5.78 Å². The molecule has 6 N–H and O–H groups in total. The van der Waals surface area contributed by atoms with Crippen molar-refractivity contribution < 1.29 is 15.4 Å². The van der Waals surface area contributed by atoms with Gasteiger partial charge in [0.15, 0.2) is 4.30 Å². The molecule has 0 aliphatic rings. The lowest BCUT2D eigenvalue weighted by Crippen LogP contribution is -1.69. The summed E-state index contributed by atoms with van der Waals surface area (Å²) in [6, 6.07) is 0. The molecule has 0 bridgehead atoms. The van der Waals surface area contributed by atoms with Crippen molar-refractivity contribution in [3.63, 3.8) is 0 Å². The summed E-state index contributed by atoms with van der Waals surface area (Å²) in [5, 5.41) is 7.00. The quantitative estimate of drug-likeness (QED) is 0.639. The van der Waals surface area contributed by atoms with Gasteiger partial charge in [-0.25, -0.2) is 0 Å². The number of rotatable bonds is 0. The smallest absolute Gasteiger partial charge is 0.180 e. The van der Waals surface area contributed by atoms with E-state index in [1.54, 1.807) is 0 Å². The molecule has 12 heavy (non-hydrogen) atoms. The summed E-state index contributed by atoms with van der Waals surface area (Å²) in [5.74, 6) is 0.167. The van der Waals surface area contributed by atoms with E-state index in [4.69, 9.17) is 39.9 Å². The first-order chi connectivity index (χ1) is 4.46. The fourth-order valence-electron chi connectivity index (χ4n) is 0. The van der Waals surface area contributed by atoms with Gasteiger partial charge in [-0.1, -0.05) is 34.8 Å². The first-order valence-electron chi connectivity index (χ1n) is 2.31. The number of aliphatic hydroxyl groups excluding tert-OH is 1. The van der Waals surface area contributed by atoms with Crippen molar-refractivity contribution in [1.29, 1.82) is 0 Å². The zero-order valence-corrected chi connectivity index (χ0v) is 9.78. The van der Waals surface area contributed by atoms with E-state index in [1.807, 2.05) is 0 Å². The monoisotopic (exact) mass is 243 g/mol. The average Bonchev–Trinajstić information content (AvgIpc) is 1.66. The summed E-state index contributed by atoms with van der Waals surface area (Å²) >= 11 is 14.4. The largest absolute Gasteiger partial charge is 0.870 e. The van der Waals surface area contributed by atoms with Gasteiger partial charge in [0.25, 0.3) is 0 Å². The summed E-state index contributed by atoms with van der Waals surface area (Å²) in [7, 11) is 1.00. The van der Waals surface area contributed by atoms with Crippen LogP contribution in [0, 0.1) is 0 Å². The van der Waals surface area contributed by atoms with E-state index < -0.39 is 4.30 Å². The van der Waals surface area contributed by atoms with Crippen LogP contribution in [0.1, 0.15) is 13.8 Å². The van der Waals surface area contributed by atoms with Crippen LogP contribution in [0.15, 0.2) is 0 Å².